The molecular formula is C10H16N4O2. The molecule has 16 heavy (non-hydrogen) atoms. The van der Waals surface area contributed by atoms with Gasteiger partial charge in [-0.2, -0.15) is 5.10 Å². The van der Waals surface area contributed by atoms with Crippen LogP contribution >= 0.6 is 0 Å². The number of aryl methyl sites for hydroxylation is 1. The topological polar surface area (TPSA) is 82.2 Å². The molecule has 1 atom stereocenters. The number of anilines is 1. The van der Waals surface area contributed by atoms with Crippen molar-refractivity contribution in [1.82, 2.24) is 15.1 Å². The molecule has 2 heterocycles. The number of ether oxygens (including phenoxy) is 1. The van der Waals surface area contributed by atoms with E-state index in [0.29, 0.717) is 19.0 Å². The Morgan fingerprint density at radius 3 is 3.19 bits per heavy atom. The van der Waals surface area contributed by atoms with Crippen LogP contribution in [0.25, 0.3) is 0 Å². The molecule has 1 aliphatic rings. The molecule has 3 N–H and O–H groups in total. The minimum Gasteiger partial charge on any atom is -0.384 e. The molecule has 6 nitrogen and oxygen atoms in total. The molecule has 0 bridgehead atoms. The molecule has 0 aromatic carbocycles. The predicted octanol–water partition coefficient (Wildman–Crippen LogP) is -0.203. The van der Waals surface area contributed by atoms with Crippen LogP contribution in [0.1, 0.15) is 18.4 Å². The first kappa shape index (κ1) is 10.9. The van der Waals surface area contributed by atoms with Gasteiger partial charge in [0.05, 0.1) is 6.20 Å². The molecule has 88 valence electrons. The Labute approximate surface area is 93.8 Å². The number of carbonyl (C=O) groups is 1. The number of carbonyl (C=O) groups excluding carboxylic acids is 1. The number of hydrogen-bond acceptors (Lipinski definition) is 4. The van der Waals surface area contributed by atoms with E-state index in [9.17, 15) is 4.79 Å². The maximum absolute atomic E-state index is 11.6. The van der Waals surface area contributed by atoms with E-state index >= 15 is 0 Å². The Morgan fingerprint density at radius 1 is 1.81 bits per heavy atom. The maximum Gasteiger partial charge on any atom is 0.249 e. The van der Waals surface area contributed by atoms with E-state index in [2.05, 4.69) is 10.4 Å². The molecule has 6 heteroatoms. The van der Waals surface area contributed by atoms with Crippen molar-refractivity contribution >= 4 is 11.7 Å². The lowest BCUT2D eigenvalue weighted by atomic mass is 10.2. The van der Waals surface area contributed by atoms with E-state index in [0.717, 1.165) is 18.4 Å². The standard InChI is InChI=1S/C10H16N4O2/c1-14-9(11)7(6-13-14)5-12-10(15)8-3-2-4-16-8/h6,8H,2-5,11H2,1H3,(H,12,15). The van der Waals surface area contributed by atoms with Crippen LogP contribution in [-0.2, 0) is 23.1 Å². The van der Waals surface area contributed by atoms with Crippen molar-refractivity contribution in [3.63, 3.8) is 0 Å². The van der Waals surface area contributed by atoms with Gasteiger partial charge in [0, 0.05) is 25.8 Å². The summed E-state index contributed by atoms with van der Waals surface area (Å²) in [5, 5.41) is 6.80. The fourth-order valence-electron chi connectivity index (χ4n) is 1.71. The third kappa shape index (κ3) is 2.16. The lowest BCUT2D eigenvalue weighted by Crippen LogP contribution is -2.33. The van der Waals surface area contributed by atoms with Crippen molar-refractivity contribution in [2.24, 2.45) is 7.05 Å². The van der Waals surface area contributed by atoms with Gasteiger partial charge < -0.3 is 15.8 Å². The second-order valence-electron chi connectivity index (χ2n) is 3.90. The molecule has 0 aliphatic carbocycles. The first-order chi connectivity index (χ1) is 7.68. The Morgan fingerprint density at radius 2 is 2.62 bits per heavy atom. The summed E-state index contributed by atoms with van der Waals surface area (Å²) in [6.45, 7) is 1.07. The fourth-order valence-corrected chi connectivity index (χ4v) is 1.71. The zero-order chi connectivity index (χ0) is 11.5. The SMILES string of the molecule is Cn1ncc(CNC(=O)C2CCCO2)c1N. The van der Waals surface area contributed by atoms with E-state index in [-0.39, 0.29) is 12.0 Å². The minimum atomic E-state index is -0.294. The predicted molar refractivity (Wildman–Crippen MR) is 58.4 cm³/mol. The van der Waals surface area contributed by atoms with Gasteiger partial charge in [-0.25, -0.2) is 0 Å². The molecule has 1 unspecified atom stereocenters. The smallest absolute Gasteiger partial charge is 0.249 e. The van der Waals surface area contributed by atoms with Gasteiger partial charge in [-0.1, -0.05) is 0 Å². The largest absolute Gasteiger partial charge is 0.384 e. The fraction of sp³-hybridized carbons (Fsp3) is 0.600. The van der Waals surface area contributed by atoms with Crippen molar-refractivity contribution in [1.29, 1.82) is 0 Å². The van der Waals surface area contributed by atoms with Crippen LogP contribution in [0.15, 0.2) is 6.20 Å². The van der Waals surface area contributed by atoms with Crippen LogP contribution in [0.2, 0.25) is 0 Å². The average molecular weight is 224 g/mol. The van der Waals surface area contributed by atoms with E-state index in [4.69, 9.17) is 10.5 Å². The van der Waals surface area contributed by atoms with Crippen LogP contribution in [0, 0.1) is 0 Å². The quantitative estimate of drug-likeness (QED) is 0.744. The molecule has 1 amide bonds. The van der Waals surface area contributed by atoms with Crippen LogP contribution in [0.4, 0.5) is 5.82 Å². The number of nitrogens with two attached hydrogens (primary N) is 1. The highest BCUT2D eigenvalue weighted by Gasteiger charge is 2.23. The Hall–Kier alpha value is -1.56. The second-order valence-corrected chi connectivity index (χ2v) is 3.90. The van der Waals surface area contributed by atoms with Crippen molar-refractivity contribution < 1.29 is 9.53 Å². The lowest BCUT2D eigenvalue weighted by molar-refractivity contribution is -0.130. The number of rotatable bonds is 3. The van der Waals surface area contributed by atoms with Gasteiger partial charge in [0.1, 0.15) is 11.9 Å². The molecule has 1 aromatic rings. The summed E-state index contributed by atoms with van der Waals surface area (Å²) in [7, 11) is 1.76. The summed E-state index contributed by atoms with van der Waals surface area (Å²) in [6.07, 6.45) is 3.12. The number of hydrogen-bond donors (Lipinski definition) is 2. The average Bonchev–Trinajstić information content (AvgIpc) is 2.89. The van der Waals surface area contributed by atoms with Gasteiger partial charge in [-0.15, -0.1) is 0 Å². The number of aromatic nitrogens is 2. The van der Waals surface area contributed by atoms with Gasteiger partial charge in [-0.3, -0.25) is 9.48 Å². The van der Waals surface area contributed by atoms with Gasteiger partial charge in [0.15, 0.2) is 0 Å². The molecule has 1 aliphatic heterocycles. The van der Waals surface area contributed by atoms with E-state index in [1.54, 1.807) is 17.9 Å². The molecule has 1 aromatic heterocycles. The van der Waals surface area contributed by atoms with E-state index in [1.807, 2.05) is 0 Å². The van der Waals surface area contributed by atoms with Gasteiger partial charge in [-0.05, 0) is 12.8 Å². The molecule has 1 saturated heterocycles. The highest BCUT2D eigenvalue weighted by molar-refractivity contribution is 5.81. The summed E-state index contributed by atoms with van der Waals surface area (Å²) in [5.41, 5.74) is 6.59. The van der Waals surface area contributed by atoms with Crippen molar-refractivity contribution in [2.75, 3.05) is 12.3 Å². The monoisotopic (exact) mass is 224 g/mol. The number of amides is 1. The first-order valence-electron chi connectivity index (χ1n) is 5.34. The van der Waals surface area contributed by atoms with Crippen molar-refractivity contribution in [3.8, 4) is 0 Å². The Balaban J connectivity index is 1.87. The highest BCUT2D eigenvalue weighted by Crippen LogP contribution is 2.13. The lowest BCUT2D eigenvalue weighted by Gasteiger charge is -2.09. The molecule has 0 saturated carbocycles. The Bertz CT molecular complexity index is 382. The summed E-state index contributed by atoms with van der Waals surface area (Å²) in [4.78, 5) is 11.6. The third-order valence-electron chi connectivity index (χ3n) is 2.74. The molecule has 0 spiro atoms. The van der Waals surface area contributed by atoms with Gasteiger partial charge >= 0.3 is 0 Å². The first-order valence-corrected chi connectivity index (χ1v) is 5.34. The van der Waals surface area contributed by atoms with E-state index in [1.165, 1.54) is 0 Å². The molecule has 2 rings (SSSR count). The summed E-state index contributed by atoms with van der Waals surface area (Å²) in [5.74, 6) is 0.508. The third-order valence-corrected chi connectivity index (χ3v) is 2.74. The molecule has 1 fully saturated rings. The van der Waals surface area contributed by atoms with Crippen LogP contribution in [0.5, 0.6) is 0 Å². The van der Waals surface area contributed by atoms with Crippen LogP contribution < -0.4 is 11.1 Å². The van der Waals surface area contributed by atoms with Crippen molar-refractivity contribution in [2.45, 2.75) is 25.5 Å². The maximum atomic E-state index is 11.6. The summed E-state index contributed by atoms with van der Waals surface area (Å²) >= 11 is 0. The number of nitrogens with one attached hydrogen (secondary N) is 1. The number of nitrogens with zero attached hydrogens (tertiary/aromatic N) is 2. The minimum absolute atomic E-state index is 0.0687. The zero-order valence-electron chi connectivity index (χ0n) is 9.27. The number of nitrogen functional groups attached to an aromatic ring is 1. The normalized spacial score (nSPS) is 19.9. The zero-order valence-corrected chi connectivity index (χ0v) is 9.27. The second kappa shape index (κ2) is 4.52. The molecule has 0 radical (unpaired) electrons. The van der Waals surface area contributed by atoms with Gasteiger partial charge in [0.25, 0.3) is 0 Å². The van der Waals surface area contributed by atoms with Crippen molar-refractivity contribution in [3.05, 3.63) is 11.8 Å². The highest BCUT2D eigenvalue weighted by atomic mass is 16.5. The Kier molecular flexibility index (Phi) is 3.09. The summed E-state index contributed by atoms with van der Waals surface area (Å²) < 4.78 is 6.85. The summed E-state index contributed by atoms with van der Waals surface area (Å²) in [6, 6.07) is 0. The van der Waals surface area contributed by atoms with Gasteiger partial charge in [0.2, 0.25) is 5.91 Å². The van der Waals surface area contributed by atoms with Crippen LogP contribution in [-0.4, -0.2) is 28.4 Å². The van der Waals surface area contributed by atoms with E-state index < -0.39 is 0 Å². The molecular weight excluding hydrogens is 208 g/mol. The van der Waals surface area contributed by atoms with Crippen LogP contribution in [0.3, 0.4) is 0 Å².